The topological polar surface area (TPSA) is 241 Å². The van der Waals surface area contributed by atoms with E-state index >= 15 is 0 Å². The first kappa shape index (κ1) is 59.3. The number of fused-ring (bicyclic) bond motifs is 2. The molecule has 12 rings (SSSR count). The van der Waals surface area contributed by atoms with E-state index in [4.69, 9.17) is 33.2 Å². The van der Waals surface area contributed by atoms with Gasteiger partial charge in [0.15, 0.2) is 23.8 Å². The SMILES string of the molecule is CC(C)(C)C1CN(Cc2ccc(-c3ccc4c(c3)c(C(=O)Nc3ccncc3)nn4C3CCCCO3)o2)CCN1C(=O)O.CC(C)(C)OC(=O)N1CCN(Cc2ccc(-c3ccc4c(c3)c(C(=O)Nc3ccncc3)nn4C3CCCCO3)o2)CC1. The summed E-state index contributed by atoms with van der Waals surface area (Å²) >= 11 is 0. The number of furan rings is 2. The molecule has 3 unspecified atom stereocenters. The van der Waals surface area contributed by atoms with Gasteiger partial charge in [-0.1, -0.05) is 20.8 Å². The number of hydrogen-bond acceptors (Lipinski definition) is 15. The van der Waals surface area contributed by atoms with E-state index in [0.717, 1.165) is 90.7 Å². The van der Waals surface area contributed by atoms with Gasteiger partial charge in [-0.3, -0.25) is 29.4 Å². The van der Waals surface area contributed by atoms with Crippen LogP contribution < -0.4 is 10.6 Å². The molecule has 8 aromatic rings. The number of piperazine rings is 2. The molecule has 4 saturated heterocycles. The summed E-state index contributed by atoms with van der Waals surface area (Å²) < 4.78 is 33.8. The maximum absolute atomic E-state index is 13.4. The molecule has 0 saturated carbocycles. The molecule has 3 atom stereocenters. The Morgan fingerprint density at radius 1 is 0.593 bits per heavy atom. The molecular weight excluding hydrogens is 1100 g/mol. The predicted molar refractivity (Wildman–Crippen MR) is 323 cm³/mol. The van der Waals surface area contributed by atoms with E-state index < -0.39 is 11.7 Å². The number of anilines is 2. The van der Waals surface area contributed by atoms with Crippen LogP contribution in [0.4, 0.5) is 21.0 Å². The van der Waals surface area contributed by atoms with Gasteiger partial charge in [-0.25, -0.2) is 19.0 Å². The molecule has 4 aliphatic rings. The predicted octanol–water partition coefficient (Wildman–Crippen LogP) is 11.5. The molecule has 0 spiro atoms. The number of pyridine rings is 2. The Kier molecular flexibility index (Phi) is 17.7. The molecule has 0 aliphatic carbocycles. The fourth-order valence-corrected chi connectivity index (χ4v) is 11.5. The zero-order valence-corrected chi connectivity index (χ0v) is 49.7. The standard InChI is InChI=1S/2C32H38N6O5/c1-32(2,3)43-31(40)37-17-15-36(16-18-37)21-24-8-10-27(42-24)22-7-9-26-25(20-22)29(30(39)34-23-11-13-33-14-12-23)35-38(26)28-6-4-5-19-41-28;1-32(2,3)27-20-36(15-16-37(27)31(40)41)19-23-8-10-26(43-23)21-7-9-25-24(18-21)29(30(39)34-22-11-13-33-14-12-22)35-38(25)28-6-4-5-17-42-28/h7-14,20,28H,4-6,15-19,21H2,1-3H3,(H,33,34,39);7-14,18,27-28H,4-6,15-17,19-20H2,1-3H3,(H,40,41)(H,33,34,39). The van der Waals surface area contributed by atoms with Gasteiger partial charge in [-0.2, -0.15) is 10.2 Å². The third-order valence-corrected chi connectivity index (χ3v) is 16.0. The summed E-state index contributed by atoms with van der Waals surface area (Å²) in [5.41, 5.74) is 4.61. The third-order valence-electron chi connectivity index (χ3n) is 16.0. The van der Waals surface area contributed by atoms with Crippen LogP contribution in [0.5, 0.6) is 0 Å². The van der Waals surface area contributed by atoms with E-state index in [-0.39, 0.29) is 41.8 Å². The van der Waals surface area contributed by atoms with E-state index in [1.807, 2.05) is 90.8 Å². The summed E-state index contributed by atoms with van der Waals surface area (Å²) in [5.74, 6) is 2.43. The van der Waals surface area contributed by atoms with Gasteiger partial charge in [0.25, 0.3) is 11.8 Å². The van der Waals surface area contributed by atoms with Crippen LogP contribution in [0, 0.1) is 5.41 Å². The number of carboxylic acid groups (broad SMARTS) is 1. The van der Waals surface area contributed by atoms with Crippen molar-refractivity contribution in [2.24, 2.45) is 5.41 Å². The van der Waals surface area contributed by atoms with Gasteiger partial charge < -0.3 is 48.6 Å². The minimum absolute atomic E-state index is 0.114. The number of hydrogen-bond donors (Lipinski definition) is 3. The fraction of sp³-hybridized carbons (Fsp3) is 0.438. The van der Waals surface area contributed by atoms with Crippen LogP contribution in [0.2, 0.25) is 0 Å². The number of nitrogens with zero attached hydrogens (tertiary/aromatic N) is 10. The van der Waals surface area contributed by atoms with Crippen molar-refractivity contribution in [2.45, 2.75) is 117 Å². The molecule has 86 heavy (non-hydrogen) atoms. The van der Waals surface area contributed by atoms with Crippen LogP contribution in [0.25, 0.3) is 44.5 Å². The highest BCUT2D eigenvalue weighted by atomic mass is 16.6. The van der Waals surface area contributed by atoms with E-state index in [9.17, 15) is 24.3 Å². The van der Waals surface area contributed by atoms with Gasteiger partial charge in [0.2, 0.25) is 0 Å². The Bertz CT molecular complexity index is 3660. The average molecular weight is 1170 g/mol. The van der Waals surface area contributed by atoms with Crippen molar-refractivity contribution in [3.05, 3.63) is 133 Å². The average Bonchev–Trinajstić information content (AvgIpc) is 1.83. The number of rotatable bonds is 12. The van der Waals surface area contributed by atoms with Crippen molar-refractivity contribution in [1.29, 1.82) is 0 Å². The first-order chi connectivity index (χ1) is 41.4. The van der Waals surface area contributed by atoms with Crippen LogP contribution in [-0.2, 0) is 27.3 Å². The maximum atomic E-state index is 13.4. The van der Waals surface area contributed by atoms with Gasteiger partial charge >= 0.3 is 12.2 Å². The Labute approximate surface area is 499 Å². The van der Waals surface area contributed by atoms with E-state index in [1.54, 1.807) is 58.9 Å². The molecule has 4 fully saturated rings. The Balaban J connectivity index is 0.000000179. The van der Waals surface area contributed by atoms with E-state index in [0.29, 0.717) is 98.7 Å². The minimum atomic E-state index is -0.873. The first-order valence-corrected chi connectivity index (χ1v) is 29.7. The fourth-order valence-electron chi connectivity index (χ4n) is 11.5. The second-order valence-electron chi connectivity index (χ2n) is 24.4. The van der Waals surface area contributed by atoms with Crippen molar-refractivity contribution in [3.8, 4) is 22.6 Å². The second-order valence-corrected chi connectivity index (χ2v) is 24.4. The summed E-state index contributed by atoms with van der Waals surface area (Å²) in [6.07, 6.45) is 10.8. The van der Waals surface area contributed by atoms with Gasteiger partial charge in [0.1, 0.15) is 28.6 Å². The Morgan fingerprint density at radius 3 is 1.51 bits per heavy atom. The number of nitrogens with one attached hydrogen (secondary N) is 2. The monoisotopic (exact) mass is 1170 g/mol. The molecule has 10 heterocycles. The van der Waals surface area contributed by atoms with E-state index in [1.165, 1.54) is 0 Å². The lowest BCUT2D eigenvalue weighted by Crippen LogP contribution is -2.59. The summed E-state index contributed by atoms with van der Waals surface area (Å²) in [4.78, 5) is 67.0. The molecule has 22 heteroatoms. The summed E-state index contributed by atoms with van der Waals surface area (Å²) in [6, 6.07) is 26.5. The number of carbonyl (C=O) groups is 4. The highest BCUT2D eigenvalue weighted by Gasteiger charge is 2.38. The number of ether oxygens (including phenoxy) is 3. The molecule has 6 aromatic heterocycles. The maximum Gasteiger partial charge on any atom is 0.410 e. The minimum Gasteiger partial charge on any atom is -0.465 e. The van der Waals surface area contributed by atoms with Gasteiger partial charge in [-0.15, -0.1) is 0 Å². The van der Waals surface area contributed by atoms with Crippen LogP contribution in [0.15, 0.2) is 119 Å². The third kappa shape index (κ3) is 13.9. The molecule has 4 amide bonds. The highest BCUT2D eigenvalue weighted by molar-refractivity contribution is 6.12. The Hall–Kier alpha value is -8.44. The normalized spacial score (nSPS) is 19.0. The largest absolute Gasteiger partial charge is 0.465 e. The molecule has 3 N–H and O–H groups in total. The smallest absolute Gasteiger partial charge is 0.410 e. The quantitative estimate of drug-likeness (QED) is 0.103. The van der Waals surface area contributed by atoms with Crippen LogP contribution in [0.3, 0.4) is 0 Å². The number of benzene rings is 2. The lowest BCUT2D eigenvalue weighted by Gasteiger charge is -2.45. The van der Waals surface area contributed by atoms with Crippen molar-refractivity contribution < 1.29 is 47.3 Å². The molecule has 4 aliphatic heterocycles. The number of carbonyl (C=O) groups excluding carboxylic acids is 3. The number of aromatic nitrogens is 6. The second kappa shape index (κ2) is 25.6. The van der Waals surface area contributed by atoms with Crippen LogP contribution in [-0.4, -0.2) is 149 Å². The summed E-state index contributed by atoms with van der Waals surface area (Å²) in [7, 11) is 0. The van der Waals surface area contributed by atoms with Gasteiger partial charge in [0, 0.05) is 117 Å². The molecule has 0 radical (unpaired) electrons. The molecule has 2 aromatic carbocycles. The van der Waals surface area contributed by atoms with Gasteiger partial charge in [0.05, 0.1) is 30.2 Å². The lowest BCUT2D eigenvalue weighted by atomic mass is 9.84. The van der Waals surface area contributed by atoms with Gasteiger partial charge in [-0.05, 0) is 150 Å². The van der Waals surface area contributed by atoms with Crippen molar-refractivity contribution >= 4 is 57.2 Å². The van der Waals surface area contributed by atoms with Crippen molar-refractivity contribution in [2.75, 3.05) is 69.7 Å². The zero-order valence-electron chi connectivity index (χ0n) is 49.7. The molecular formula is C64H76N12O10. The molecule has 22 nitrogen and oxygen atoms in total. The molecule has 452 valence electrons. The number of amides is 4. The van der Waals surface area contributed by atoms with Crippen molar-refractivity contribution in [1.82, 2.24) is 49.1 Å². The van der Waals surface area contributed by atoms with E-state index in [2.05, 4.69) is 51.2 Å². The lowest BCUT2D eigenvalue weighted by molar-refractivity contribution is -0.0369. The van der Waals surface area contributed by atoms with Crippen LogP contribution in [0.1, 0.15) is 125 Å². The Morgan fingerprint density at radius 2 is 1.07 bits per heavy atom. The highest BCUT2D eigenvalue weighted by Crippen LogP contribution is 2.36. The first-order valence-electron chi connectivity index (χ1n) is 29.7. The summed E-state index contributed by atoms with van der Waals surface area (Å²) in [6.45, 7) is 18.8. The zero-order chi connectivity index (χ0) is 60.1. The summed E-state index contributed by atoms with van der Waals surface area (Å²) in [5, 5.41) is 26.5. The molecule has 0 bridgehead atoms. The van der Waals surface area contributed by atoms with Crippen LogP contribution >= 0.6 is 0 Å². The van der Waals surface area contributed by atoms with Crippen molar-refractivity contribution in [3.63, 3.8) is 0 Å².